The molecule has 0 aliphatic rings. The fraction of sp³-hybridized carbons (Fsp3) is 0.111. The number of nitrogens with zero attached hydrogens (tertiary/aromatic N) is 2. The van der Waals surface area contributed by atoms with E-state index in [1.54, 1.807) is 6.20 Å². The fourth-order valence-electron chi connectivity index (χ4n) is 2.79. The van der Waals surface area contributed by atoms with E-state index in [0.717, 1.165) is 23.4 Å². The number of aryl methyl sites for hydroxylation is 1. The largest absolute Gasteiger partial charge is 0.340 e. The molecule has 0 unspecified atom stereocenters. The second kappa shape index (κ2) is 4.70. The van der Waals surface area contributed by atoms with Gasteiger partial charge in [0.05, 0.1) is 5.52 Å². The van der Waals surface area contributed by atoms with E-state index in [1.807, 2.05) is 6.07 Å². The highest BCUT2D eigenvalue weighted by molar-refractivity contribution is 5.86. The zero-order chi connectivity index (χ0) is 14.2. The van der Waals surface area contributed by atoms with Crippen molar-refractivity contribution in [3.8, 4) is 0 Å². The van der Waals surface area contributed by atoms with E-state index in [9.17, 15) is 0 Å². The standard InChI is InChI=1S/C18H15N3/c1-12-9-10-19-18-17(12)20-16(21-18)11-14-7-4-6-13-5-2-3-8-15(13)14/h2-10H,11H2,1H3,(H,19,20,21). The molecular weight excluding hydrogens is 258 g/mol. The van der Waals surface area contributed by atoms with Gasteiger partial charge in [0.1, 0.15) is 5.82 Å². The maximum Gasteiger partial charge on any atom is 0.177 e. The summed E-state index contributed by atoms with van der Waals surface area (Å²) in [5, 5.41) is 2.55. The van der Waals surface area contributed by atoms with E-state index in [4.69, 9.17) is 0 Å². The monoisotopic (exact) mass is 273 g/mol. The van der Waals surface area contributed by atoms with Crippen LogP contribution in [0.1, 0.15) is 17.0 Å². The maximum absolute atomic E-state index is 4.61. The van der Waals surface area contributed by atoms with E-state index in [-0.39, 0.29) is 0 Å². The lowest BCUT2D eigenvalue weighted by molar-refractivity contribution is 1.04. The van der Waals surface area contributed by atoms with Crippen molar-refractivity contribution >= 4 is 21.9 Å². The summed E-state index contributed by atoms with van der Waals surface area (Å²) in [6.07, 6.45) is 2.59. The van der Waals surface area contributed by atoms with Crippen molar-refractivity contribution in [2.24, 2.45) is 0 Å². The lowest BCUT2D eigenvalue weighted by Gasteiger charge is -2.04. The van der Waals surface area contributed by atoms with Gasteiger partial charge in [0.25, 0.3) is 0 Å². The first-order valence-corrected chi connectivity index (χ1v) is 7.08. The Bertz CT molecular complexity index is 932. The lowest BCUT2D eigenvalue weighted by Crippen LogP contribution is -1.92. The van der Waals surface area contributed by atoms with E-state index in [1.165, 1.54) is 21.9 Å². The zero-order valence-corrected chi connectivity index (χ0v) is 11.8. The van der Waals surface area contributed by atoms with Crippen molar-refractivity contribution in [1.82, 2.24) is 15.0 Å². The van der Waals surface area contributed by atoms with Crippen LogP contribution < -0.4 is 0 Å². The van der Waals surface area contributed by atoms with Gasteiger partial charge in [0, 0.05) is 12.6 Å². The van der Waals surface area contributed by atoms with Gasteiger partial charge in [-0.25, -0.2) is 9.97 Å². The van der Waals surface area contributed by atoms with E-state index >= 15 is 0 Å². The van der Waals surface area contributed by atoms with Gasteiger partial charge in [-0.1, -0.05) is 42.5 Å². The van der Waals surface area contributed by atoms with Crippen molar-refractivity contribution < 1.29 is 0 Å². The summed E-state index contributed by atoms with van der Waals surface area (Å²) in [4.78, 5) is 12.3. The molecule has 4 aromatic rings. The Kier molecular flexibility index (Phi) is 2.71. The van der Waals surface area contributed by atoms with Gasteiger partial charge in [-0.2, -0.15) is 0 Å². The molecule has 0 fully saturated rings. The Labute approximate surface area is 122 Å². The highest BCUT2D eigenvalue weighted by atomic mass is 15.0. The van der Waals surface area contributed by atoms with Crippen LogP contribution in [0.4, 0.5) is 0 Å². The number of rotatable bonds is 2. The minimum absolute atomic E-state index is 0.789. The molecule has 0 spiro atoms. The van der Waals surface area contributed by atoms with Gasteiger partial charge in [0.15, 0.2) is 5.65 Å². The molecule has 4 rings (SSSR count). The van der Waals surface area contributed by atoms with Crippen LogP contribution in [0.2, 0.25) is 0 Å². The number of nitrogens with one attached hydrogen (secondary N) is 1. The van der Waals surface area contributed by atoms with Crippen LogP contribution in [-0.4, -0.2) is 15.0 Å². The first kappa shape index (κ1) is 12.1. The quantitative estimate of drug-likeness (QED) is 0.599. The topological polar surface area (TPSA) is 41.6 Å². The summed E-state index contributed by atoms with van der Waals surface area (Å²) < 4.78 is 0. The van der Waals surface area contributed by atoms with Crippen molar-refractivity contribution in [2.45, 2.75) is 13.3 Å². The second-order valence-electron chi connectivity index (χ2n) is 5.33. The SMILES string of the molecule is Cc1ccnc2nc(Cc3cccc4ccccc34)[nH]c12. The molecule has 0 aliphatic carbocycles. The van der Waals surface area contributed by atoms with E-state index in [0.29, 0.717) is 0 Å². The van der Waals surface area contributed by atoms with Crippen LogP contribution in [0.3, 0.4) is 0 Å². The number of fused-ring (bicyclic) bond motifs is 2. The molecule has 21 heavy (non-hydrogen) atoms. The number of imidazole rings is 1. The number of aromatic nitrogens is 3. The third kappa shape index (κ3) is 2.07. The Morgan fingerprint density at radius 1 is 1.00 bits per heavy atom. The normalized spacial score (nSPS) is 11.3. The summed E-state index contributed by atoms with van der Waals surface area (Å²) in [7, 11) is 0. The van der Waals surface area contributed by atoms with Crippen molar-refractivity contribution in [2.75, 3.05) is 0 Å². The molecule has 2 aromatic carbocycles. The number of aromatic amines is 1. The number of hydrogen-bond acceptors (Lipinski definition) is 2. The van der Waals surface area contributed by atoms with Gasteiger partial charge < -0.3 is 4.98 Å². The number of benzene rings is 2. The molecule has 3 nitrogen and oxygen atoms in total. The molecule has 102 valence electrons. The molecular formula is C18H15N3. The van der Waals surface area contributed by atoms with Gasteiger partial charge >= 0.3 is 0 Å². The summed E-state index contributed by atoms with van der Waals surface area (Å²) in [6.45, 7) is 2.07. The predicted molar refractivity (Wildman–Crippen MR) is 85.4 cm³/mol. The van der Waals surface area contributed by atoms with Crippen LogP contribution in [0.15, 0.2) is 54.7 Å². The molecule has 2 heterocycles. The molecule has 1 N–H and O–H groups in total. The molecule has 0 amide bonds. The summed E-state index contributed by atoms with van der Waals surface area (Å²) in [5.74, 6) is 0.961. The first-order chi connectivity index (χ1) is 10.3. The fourth-order valence-corrected chi connectivity index (χ4v) is 2.79. The van der Waals surface area contributed by atoms with Gasteiger partial charge in [-0.05, 0) is 34.9 Å². The predicted octanol–water partition coefficient (Wildman–Crippen LogP) is 4.01. The molecule has 2 aromatic heterocycles. The van der Waals surface area contributed by atoms with Crippen LogP contribution in [0, 0.1) is 6.92 Å². The molecule has 3 heteroatoms. The highest BCUT2D eigenvalue weighted by Crippen LogP contribution is 2.21. The Morgan fingerprint density at radius 3 is 2.76 bits per heavy atom. The molecule has 0 aliphatic heterocycles. The molecule has 0 radical (unpaired) electrons. The minimum atomic E-state index is 0.789. The summed E-state index contributed by atoms with van der Waals surface area (Å²) >= 11 is 0. The van der Waals surface area contributed by atoms with Crippen LogP contribution in [0.5, 0.6) is 0 Å². The molecule has 0 bridgehead atoms. The Balaban J connectivity index is 1.81. The number of H-pyrrole nitrogens is 1. The smallest absolute Gasteiger partial charge is 0.177 e. The summed E-state index contributed by atoms with van der Waals surface area (Å²) in [5.41, 5.74) is 4.29. The molecule has 0 saturated carbocycles. The third-order valence-electron chi connectivity index (χ3n) is 3.89. The molecule has 0 atom stereocenters. The average Bonchev–Trinajstić information content (AvgIpc) is 2.92. The summed E-state index contributed by atoms with van der Waals surface area (Å²) in [6, 6.07) is 16.9. The third-order valence-corrected chi connectivity index (χ3v) is 3.89. The maximum atomic E-state index is 4.61. The van der Waals surface area contributed by atoms with E-state index in [2.05, 4.69) is 64.3 Å². The number of hydrogen-bond donors (Lipinski definition) is 1. The van der Waals surface area contributed by atoms with Crippen molar-refractivity contribution in [3.63, 3.8) is 0 Å². The highest BCUT2D eigenvalue weighted by Gasteiger charge is 2.08. The van der Waals surface area contributed by atoms with Gasteiger partial charge in [0.2, 0.25) is 0 Å². The van der Waals surface area contributed by atoms with Crippen molar-refractivity contribution in [3.05, 3.63) is 71.7 Å². The zero-order valence-electron chi connectivity index (χ0n) is 11.8. The second-order valence-corrected chi connectivity index (χ2v) is 5.33. The Hall–Kier alpha value is -2.68. The van der Waals surface area contributed by atoms with Crippen molar-refractivity contribution in [1.29, 1.82) is 0 Å². The van der Waals surface area contributed by atoms with Crippen LogP contribution >= 0.6 is 0 Å². The van der Waals surface area contributed by atoms with Gasteiger partial charge in [-0.3, -0.25) is 0 Å². The van der Waals surface area contributed by atoms with Crippen LogP contribution in [-0.2, 0) is 6.42 Å². The minimum Gasteiger partial charge on any atom is -0.340 e. The van der Waals surface area contributed by atoms with Gasteiger partial charge in [-0.15, -0.1) is 0 Å². The average molecular weight is 273 g/mol. The lowest BCUT2D eigenvalue weighted by atomic mass is 10.0. The first-order valence-electron chi connectivity index (χ1n) is 7.08. The van der Waals surface area contributed by atoms with Crippen LogP contribution in [0.25, 0.3) is 21.9 Å². The number of pyridine rings is 1. The molecule has 0 saturated heterocycles. The Morgan fingerprint density at radius 2 is 1.86 bits per heavy atom. The van der Waals surface area contributed by atoms with E-state index < -0.39 is 0 Å².